The molecular formula is C42H86N2. The molecule has 0 bridgehead atoms. The van der Waals surface area contributed by atoms with Crippen LogP contribution in [0, 0.1) is 11.8 Å². The first kappa shape index (κ1) is 41.9. The van der Waals surface area contributed by atoms with E-state index in [2.05, 4.69) is 17.6 Å². The van der Waals surface area contributed by atoms with Gasteiger partial charge in [0.1, 0.15) is 0 Å². The van der Waals surface area contributed by atoms with Crippen LogP contribution in [0.4, 0.5) is 0 Å². The van der Waals surface area contributed by atoms with Gasteiger partial charge >= 0.3 is 0 Å². The first-order valence-electron chi connectivity index (χ1n) is 21.2. The van der Waals surface area contributed by atoms with Crippen molar-refractivity contribution < 1.29 is 0 Å². The molecular weight excluding hydrogens is 532 g/mol. The highest BCUT2D eigenvalue weighted by molar-refractivity contribution is 4.85. The Hall–Kier alpha value is -0.0800. The summed E-state index contributed by atoms with van der Waals surface area (Å²) in [5.74, 6) is 2.26. The normalized spacial score (nSPS) is 16.2. The van der Waals surface area contributed by atoms with E-state index in [1.165, 1.54) is 232 Å². The SMILES string of the molecule is CCCCC1CC1CCCCCCCCCCCCCCCCCCCCCCCCCCCCNCCCCCCNC. The minimum atomic E-state index is 1.13. The summed E-state index contributed by atoms with van der Waals surface area (Å²) in [5.41, 5.74) is 0. The molecule has 0 aromatic carbocycles. The summed E-state index contributed by atoms with van der Waals surface area (Å²) < 4.78 is 0. The smallest absolute Gasteiger partial charge is 0.00489 e. The van der Waals surface area contributed by atoms with Gasteiger partial charge in [-0.05, 0) is 64.2 Å². The molecule has 2 N–H and O–H groups in total. The molecule has 1 aliphatic carbocycles. The van der Waals surface area contributed by atoms with Gasteiger partial charge in [-0.1, -0.05) is 206 Å². The van der Waals surface area contributed by atoms with E-state index >= 15 is 0 Å². The molecule has 0 spiro atoms. The summed E-state index contributed by atoms with van der Waals surface area (Å²) in [6.45, 7) is 5.96. The Morgan fingerprint density at radius 1 is 0.341 bits per heavy atom. The largest absolute Gasteiger partial charge is 0.320 e. The van der Waals surface area contributed by atoms with Crippen LogP contribution in [0.5, 0.6) is 0 Å². The van der Waals surface area contributed by atoms with E-state index in [1.54, 1.807) is 12.8 Å². The van der Waals surface area contributed by atoms with Crippen molar-refractivity contribution in [1.82, 2.24) is 10.6 Å². The fourth-order valence-electron chi connectivity index (χ4n) is 7.41. The van der Waals surface area contributed by atoms with E-state index in [0.29, 0.717) is 0 Å². The molecule has 0 aliphatic heterocycles. The summed E-state index contributed by atoms with van der Waals surface area (Å²) in [5, 5.41) is 6.87. The second-order valence-corrected chi connectivity index (χ2v) is 15.1. The van der Waals surface area contributed by atoms with Crippen molar-refractivity contribution in [3.05, 3.63) is 0 Å². The average Bonchev–Trinajstić information content (AvgIpc) is 3.79. The average molecular weight is 619 g/mol. The molecule has 1 aliphatic rings. The zero-order valence-electron chi connectivity index (χ0n) is 31.0. The summed E-state index contributed by atoms with van der Waals surface area (Å²) in [6, 6.07) is 0. The molecule has 2 atom stereocenters. The molecule has 0 aromatic rings. The first-order chi connectivity index (χ1) is 21.9. The van der Waals surface area contributed by atoms with Gasteiger partial charge in [0.05, 0.1) is 0 Å². The van der Waals surface area contributed by atoms with Crippen molar-refractivity contribution in [3.8, 4) is 0 Å². The molecule has 1 rings (SSSR count). The first-order valence-corrected chi connectivity index (χ1v) is 21.2. The molecule has 0 radical (unpaired) electrons. The third kappa shape index (κ3) is 31.9. The van der Waals surface area contributed by atoms with Crippen LogP contribution in [0.15, 0.2) is 0 Å². The van der Waals surface area contributed by atoms with Crippen LogP contribution >= 0.6 is 0 Å². The number of hydrogen-bond donors (Lipinski definition) is 2. The van der Waals surface area contributed by atoms with Crippen molar-refractivity contribution in [1.29, 1.82) is 0 Å². The fourth-order valence-corrected chi connectivity index (χ4v) is 7.41. The van der Waals surface area contributed by atoms with Gasteiger partial charge < -0.3 is 10.6 Å². The molecule has 0 heterocycles. The van der Waals surface area contributed by atoms with Gasteiger partial charge in [0.2, 0.25) is 0 Å². The van der Waals surface area contributed by atoms with Gasteiger partial charge in [0, 0.05) is 0 Å². The van der Waals surface area contributed by atoms with E-state index in [4.69, 9.17) is 0 Å². The van der Waals surface area contributed by atoms with Gasteiger partial charge in [0.25, 0.3) is 0 Å². The molecule has 2 nitrogen and oxygen atoms in total. The van der Waals surface area contributed by atoms with Crippen molar-refractivity contribution in [2.24, 2.45) is 11.8 Å². The van der Waals surface area contributed by atoms with E-state index in [-0.39, 0.29) is 0 Å². The summed E-state index contributed by atoms with van der Waals surface area (Å²) in [6.07, 6.45) is 51.5. The zero-order chi connectivity index (χ0) is 31.4. The molecule has 0 aromatic heterocycles. The van der Waals surface area contributed by atoms with Crippen LogP contribution in [0.1, 0.15) is 232 Å². The molecule has 0 amide bonds. The Kier molecular flexibility index (Phi) is 34.1. The summed E-state index contributed by atoms with van der Waals surface area (Å²) in [4.78, 5) is 0. The molecule has 1 saturated carbocycles. The topological polar surface area (TPSA) is 24.1 Å². The van der Waals surface area contributed by atoms with Crippen molar-refractivity contribution in [2.75, 3.05) is 26.7 Å². The predicted molar refractivity (Wildman–Crippen MR) is 201 cm³/mol. The van der Waals surface area contributed by atoms with E-state index in [9.17, 15) is 0 Å². The van der Waals surface area contributed by atoms with E-state index in [1.807, 2.05) is 7.05 Å². The molecule has 44 heavy (non-hydrogen) atoms. The Morgan fingerprint density at radius 2 is 0.614 bits per heavy atom. The van der Waals surface area contributed by atoms with Crippen LogP contribution in [0.2, 0.25) is 0 Å². The maximum Gasteiger partial charge on any atom is -0.00489 e. The van der Waals surface area contributed by atoms with Gasteiger partial charge in [-0.3, -0.25) is 0 Å². The standard InChI is InChI=1S/C42H86N2/c1-3-4-35-41-40-42(41)36-31-27-25-23-21-19-17-15-13-11-9-7-5-6-8-10-12-14-16-18-20-22-24-26-28-33-38-44-39-34-30-29-32-37-43-2/h41-44H,3-40H2,1-2H3. The highest BCUT2D eigenvalue weighted by atomic mass is 14.8. The van der Waals surface area contributed by atoms with Crippen LogP contribution < -0.4 is 10.6 Å². The maximum absolute atomic E-state index is 3.64. The minimum Gasteiger partial charge on any atom is -0.320 e. The van der Waals surface area contributed by atoms with Gasteiger partial charge in [-0.25, -0.2) is 0 Å². The quantitative estimate of drug-likeness (QED) is 0.0670. The van der Waals surface area contributed by atoms with E-state index in [0.717, 1.165) is 11.8 Å². The Morgan fingerprint density at radius 3 is 0.932 bits per heavy atom. The van der Waals surface area contributed by atoms with Crippen LogP contribution in [-0.2, 0) is 0 Å². The fraction of sp³-hybridized carbons (Fsp3) is 1.00. The van der Waals surface area contributed by atoms with Crippen LogP contribution in [0.25, 0.3) is 0 Å². The highest BCUT2D eigenvalue weighted by Crippen LogP contribution is 2.45. The Bertz CT molecular complexity index is 520. The number of rotatable bonds is 39. The Labute approximate surface area is 280 Å². The van der Waals surface area contributed by atoms with Crippen LogP contribution in [0.3, 0.4) is 0 Å². The minimum absolute atomic E-state index is 1.13. The van der Waals surface area contributed by atoms with Crippen molar-refractivity contribution >= 4 is 0 Å². The molecule has 2 unspecified atom stereocenters. The summed E-state index contributed by atoms with van der Waals surface area (Å²) in [7, 11) is 2.05. The van der Waals surface area contributed by atoms with Gasteiger partial charge in [0.15, 0.2) is 0 Å². The molecule has 2 heteroatoms. The lowest BCUT2D eigenvalue weighted by Crippen LogP contribution is -2.16. The lowest BCUT2D eigenvalue weighted by molar-refractivity contribution is 0.508. The number of nitrogens with one attached hydrogen (secondary N) is 2. The Balaban J connectivity index is 1.60. The number of unbranched alkanes of at least 4 members (excludes halogenated alkanes) is 29. The predicted octanol–water partition coefficient (Wildman–Crippen LogP) is 13.7. The van der Waals surface area contributed by atoms with Crippen LogP contribution in [-0.4, -0.2) is 26.7 Å². The molecule has 0 saturated heterocycles. The van der Waals surface area contributed by atoms with Crippen molar-refractivity contribution in [3.63, 3.8) is 0 Å². The monoisotopic (exact) mass is 619 g/mol. The van der Waals surface area contributed by atoms with Crippen molar-refractivity contribution in [2.45, 2.75) is 232 Å². The lowest BCUT2D eigenvalue weighted by Gasteiger charge is -2.06. The van der Waals surface area contributed by atoms with Gasteiger partial charge in [-0.15, -0.1) is 0 Å². The third-order valence-corrected chi connectivity index (χ3v) is 10.7. The van der Waals surface area contributed by atoms with Gasteiger partial charge in [-0.2, -0.15) is 0 Å². The highest BCUT2D eigenvalue weighted by Gasteiger charge is 2.34. The second-order valence-electron chi connectivity index (χ2n) is 15.1. The lowest BCUT2D eigenvalue weighted by atomic mass is 10.0. The summed E-state index contributed by atoms with van der Waals surface area (Å²) >= 11 is 0. The number of hydrogen-bond acceptors (Lipinski definition) is 2. The third-order valence-electron chi connectivity index (χ3n) is 10.7. The second kappa shape index (κ2) is 35.8. The molecule has 1 fully saturated rings. The maximum atomic E-state index is 3.64. The van der Waals surface area contributed by atoms with E-state index < -0.39 is 0 Å². The molecule has 264 valence electrons. The zero-order valence-corrected chi connectivity index (χ0v) is 31.0.